The lowest BCUT2D eigenvalue weighted by atomic mass is 9.80. The van der Waals surface area contributed by atoms with E-state index in [-0.39, 0.29) is 18.1 Å². The van der Waals surface area contributed by atoms with Crippen molar-refractivity contribution in [1.82, 2.24) is 9.55 Å². The number of pyridine rings is 2. The van der Waals surface area contributed by atoms with Gasteiger partial charge in [-0.05, 0) is 37.6 Å². The Hall–Kier alpha value is -2.95. The van der Waals surface area contributed by atoms with Gasteiger partial charge in [0.2, 0.25) is 0 Å². The number of rotatable bonds is 0. The molecule has 25 heavy (non-hydrogen) atoms. The predicted octanol–water partition coefficient (Wildman–Crippen LogP) is 2.76. The number of aromatic nitrogens is 2. The lowest BCUT2D eigenvalue weighted by Gasteiger charge is -2.30. The van der Waals surface area contributed by atoms with E-state index in [1.165, 1.54) is 0 Å². The SMILES string of the molecule is CC1(C)C(=O)OCc2c1cc1n(c2=O)Cc2cc3ccccc3nc2-1. The second-order valence-corrected chi connectivity index (χ2v) is 7.20. The molecule has 124 valence electrons. The fraction of sp³-hybridized carbons (Fsp3) is 0.250. The second-order valence-electron chi connectivity index (χ2n) is 7.20. The van der Waals surface area contributed by atoms with Gasteiger partial charge in [-0.25, -0.2) is 4.98 Å². The van der Waals surface area contributed by atoms with Crippen molar-refractivity contribution in [3.8, 4) is 11.4 Å². The van der Waals surface area contributed by atoms with Crippen molar-refractivity contribution in [2.75, 3.05) is 0 Å². The Balaban J connectivity index is 1.82. The molecule has 2 aliphatic heterocycles. The van der Waals surface area contributed by atoms with E-state index in [1.54, 1.807) is 18.4 Å². The van der Waals surface area contributed by atoms with Crippen LogP contribution in [0.3, 0.4) is 0 Å². The maximum absolute atomic E-state index is 13.0. The lowest BCUT2D eigenvalue weighted by molar-refractivity contribution is -0.152. The second kappa shape index (κ2) is 4.57. The van der Waals surface area contributed by atoms with Crippen LogP contribution in [0.4, 0.5) is 0 Å². The summed E-state index contributed by atoms with van der Waals surface area (Å²) in [4.78, 5) is 29.9. The molecule has 0 fully saturated rings. The number of nitrogens with zero attached hydrogens (tertiary/aromatic N) is 2. The van der Waals surface area contributed by atoms with Crippen LogP contribution >= 0.6 is 0 Å². The number of cyclic esters (lactones) is 1. The minimum Gasteiger partial charge on any atom is -0.460 e. The summed E-state index contributed by atoms with van der Waals surface area (Å²) in [5, 5.41) is 1.06. The summed E-state index contributed by atoms with van der Waals surface area (Å²) in [5.41, 5.74) is 3.95. The minimum absolute atomic E-state index is 0.0441. The smallest absolute Gasteiger partial charge is 0.316 e. The largest absolute Gasteiger partial charge is 0.460 e. The molecule has 0 radical (unpaired) electrons. The molecule has 0 N–H and O–H groups in total. The molecule has 2 aromatic heterocycles. The van der Waals surface area contributed by atoms with E-state index in [2.05, 4.69) is 6.07 Å². The van der Waals surface area contributed by atoms with Crippen molar-refractivity contribution in [2.24, 2.45) is 0 Å². The molecule has 5 nitrogen and oxygen atoms in total. The third kappa shape index (κ3) is 1.81. The van der Waals surface area contributed by atoms with Crippen LogP contribution in [-0.2, 0) is 28.1 Å². The van der Waals surface area contributed by atoms with Crippen molar-refractivity contribution in [3.63, 3.8) is 0 Å². The van der Waals surface area contributed by atoms with E-state index >= 15 is 0 Å². The average Bonchev–Trinajstić information content (AvgIpc) is 2.95. The zero-order chi connectivity index (χ0) is 17.3. The molecule has 5 heteroatoms. The summed E-state index contributed by atoms with van der Waals surface area (Å²) in [6.45, 7) is 4.15. The highest BCUT2D eigenvalue weighted by atomic mass is 16.5. The maximum Gasteiger partial charge on any atom is 0.316 e. The van der Waals surface area contributed by atoms with Crippen LogP contribution in [0.15, 0.2) is 41.2 Å². The zero-order valence-corrected chi connectivity index (χ0v) is 14.0. The van der Waals surface area contributed by atoms with Crippen molar-refractivity contribution < 1.29 is 9.53 Å². The first-order valence-electron chi connectivity index (χ1n) is 8.30. The Morgan fingerprint density at radius 2 is 1.96 bits per heavy atom. The Labute approximate surface area is 143 Å². The summed E-state index contributed by atoms with van der Waals surface area (Å²) in [6.07, 6.45) is 0. The molecule has 2 aliphatic rings. The van der Waals surface area contributed by atoms with Crippen molar-refractivity contribution in [3.05, 3.63) is 63.4 Å². The van der Waals surface area contributed by atoms with Crippen molar-refractivity contribution >= 4 is 16.9 Å². The minimum atomic E-state index is -0.831. The summed E-state index contributed by atoms with van der Waals surface area (Å²) >= 11 is 0. The van der Waals surface area contributed by atoms with E-state index in [0.717, 1.165) is 33.4 Å². The topological polar surface area (TPSA) is 61.2 Å². The molecule has 0 amide bonds. The number of fused-ring (bicyclic) bond motifs is 5. The molecule has 0 saturated heterocycles. The first kappa shape index (κ1) is 14.4. The zero-order valence-electron chi connectivity index (χ0n) is 14.0. The van der Waals surface area contributed by atoms with Crippen LogP contribution in [0.1, 0.15) is 30.5 Å². The molecule has 1 aromatic carbocycles. The Morgan fingerprint density at radius 1 is 1.16 bits per heavy atom. The third-order valence-electron chi connectivity index (χ3n) is 5.31. The van der Waals surface area contributed by atoms with E-state index in [0.29, 0.717) is 12.1 Å². The summed E-state index contributed by atoms with van der Waals surface area (Å²) in [5.74, 6) is -0.297. The average molecular weight is 332 g/mol. The van der Waals surface area contributed by atoms with Crippen LogP contribution < -0.4 is 5.56 Å². The van der Waals surface area contributed by atoms with Crippen LogP contribution in [0.2, 0.25) is 0 Å². The van der Waals surface area contributed by atoms with E-state index in [9.17, 15) is 9.59 Å². The van der Waals surface area contributed by atoms with Gasteiger partial charge in [0.1, 0.15) is 6.61 Å². The number of carbonyl (C=O) groups is 1. The predicted molar refractivity (Wildman–Crippen MR) is 93.4 cm³/mol. The number of hydrogen-bond acceptors (Lipinski definition) is 4. The Morgan fingerprint density at radius 3 is 2.80 bits per heavy atom. The molecule has 0 bridgehead atoms. The standard InChI is InChI=1S/C20H16N2O3/c1-20(2)14-8-16-17-12(7-11-5-3-4-6-15(11)21-17)9-22(16)18(23)13(14)10-25-19(20)24/h3-8H,9-10H2,1-2H3. The van der Waals surface area contributed by atoms with Gasteiger partial charge in [-0.2, -0.15) is 0 Å². The number of benzene rings is 1. The molecular weight excluding hydrogens is 316 g/mol. The van der Waals surface area contributed by atoms with Gasteiger partial charge < -0.3 is 9.30 Å². The third-order valence-corrected chi connectivity index (χ3v) is 5.31. The first-order chi connectivity index (χ1) is 12.0. The molecule has 5 rings (SSSR count). The highest BCUT2D eigenvalue weighted by Crippen LogP contribution is 2.37. The lowest BCUT2D eigenvalue weighted by Crippen LogP contribution is -2.40. The molecule has 0 saturated carbocycles. The summed E-state index contributed by atoms with van der Waals surface area (Å²) < 4.78 is 6.97. The van der Waals surface area contributed by atoms with E-state index < -0.39 is 5.41 Å². The number of carbonyl (C=O) groups excluding carboxylic acids is 1. The molecule has 0 atom stereocenters. The van der Waals surface area contributed by atoms with Crippen molar-refractivity contribution in [2.45, 2.75) is 32.4 Å². The number of hydrogen-bond donors (Lipinski definition) is 0. The first-order valence-corrected chi connectivity index (χ1v) is 8.30. The van der Waals surface area contributed by atoms with Gasteiger partial charge in [-0.1, -0.05) is 18.2 Å². The highest BCUT2D eigenvalue weighted by molar-refractivity contribution is 5.86. The molecular formula is C20H16N2O3. The molecule has 0 spiro atoms. The fourth-order valence-electron chi connectivity index (χ4n) is 3.84. The maximum atomic E-state index is 13.0. The number of ether oxygens (including phenoxy) is 1. The highest BCUT2D eigenvalue weighted by Gasteiger charge is 2.40. The van der Waals surface area contributed by atoms with Gasteiger partial charge >= 0.3 is 5.97 Å². The molecule has 4 heterocycles. The van der Waals surface area contributed by atoms with Gasteiger partial charge in [0.05, 0.1) is 34.4 Å². The Kier molecular flexibility index (Phi) is 2.63. The molecule has 0 aliphatic carbocycles. The van der Waals surface area contributed by atoms with Gasteiger partial charge in [-0.3, -0.25) is 9.59 Å². The monoisotopic (exact) mass is 332 g/mol. The van der Waals surface area contributed by atoms with Gasteiger partial charge in [-0.15, -0.1) is 0 Å². The quantitative estimate of drug-likeness (QED) is 0.465. The molecule has 0 unspecified atom stereocenters. The van der Waals surface area contributed by atoms with E-state index in [4.69, 9.17) is 9.72 Å². The van der Waals surface area contributed by atoms with Crippen LogP contribution in [0, 0.1) is 0 Å². The van der Waals surface area contributed by atoms with Crippen LogP contribution in [0.5, 0.6) is 0 Å². The van der Waals surface area contributed by atoms with Gasteiger partial charge in [0.25, 0.3) is 5.56 Å². The van der Waals surface area contributed by atoms with Crippen molar-refractivity contribution in [1.29, 1.82) is 0 Å². The normalized spacial score (nSPS) is 17.0. The molecule has 3 aromatic rings. The summed E-state index contributed by atoms with van der Waals surface area (Å²) in [6, 6.07) is 12.0. The summed E-state index contributed by atoms with van der Waals surface area (Å²) in [7, 11) is 0. The van der Waals surface area contributed by atoms with Gasteiger partial charge in [0.15, 0.2) is 0 Å². The van der Waals surface area contributed by atoms with Gasteiger partial charge in [0, 0.05) is 10.9 Å². The Bertz CT molecular complexity index is 1140. The van der Waals surface area contributed by atoms with E-state index in [1.807, 2.05) is 30.3 Å². The number of esters is 1. The fourth-order valence-corrected chi connectivity index (χ4v) is 3.84. The number of para-hydroxylation sites is 1. The van der Waals surface area contributed by atoms with Crippen LogP contribution in [0.25, 0.3) is 22.3 Å². The van der Waals surface area contributed by atoms with Crippen LogP contribution in [-0.4, -0.2) is 15.5 Å².